The third-order valence-electron chi connectivity index (χ3n) is 4.06. The minimum Gasteiger partial charge on any atom is -0.309 e. The van der Waals surface area contributed by atoms with Crippen molar-refractivity contribution in [3.05, 3.63) is 40.0 Å². The van der Waals surface area contributed by atoms with Crippen LogP contribution in [0.25, 0.3) is 11.3 Å². The number of nitrogens with zero attached hydrogens (tertiary/aromatic N) is 2. The van der Waals surface area contributed by atoms with Gasteiger partial charge in [0, 0.05) is 12.6 Å². The average Bonchev–Trinajstić information content (AvgIpc) is 3.07. The Morgan fingerprint density at radius 2 is 2.10 bits per heavy atom. The maximum absolute atomic E-state index is 4.71. The molecule has 1 aliphatic heterocycles. The van der Waals surface area contributed by atoms with E-state index in [0.29, 0.717) is 6.04 Å². The van der Waals surface area contributed by atoms with Crippen molar-refractivity contribution in [3.8, 4) is 11.3 Å². The Kier molecular flexibility index (Phi) is 3.94. The molecule has 0 radical (unpaired) electrons. The van der Waals surface area contributed by atoms with Gasteiger partial charge in [-0.15, -0.1) is 0 Å². The molecule has 0 aliphatic carbocycles. The van der Waals surface area contributed by atoms with Gasteiger partial charge in [-0.2, -0.15) is 5.10 Å². The summed E-state index contributed by atoms with van der Waals surface area (Å²) >= 11 is 3.76. The highest BCUT2D eigenvalue weighted by molar-refractivity contribution is 9.10. The smallest absolute Gasteiger partial charge is 0.107 e. The maximum atomic E-state index is 4.71. The van der Waals surface area contributed by atoms with Gasteiger partial charge in [-0.3, -0.25) is 4.68 Å². The number of hydrogen-bond acceptors (Lipinski definition) is 2. The first-order valence-electron chi connectivity index (χ1n) is 7.25. The highest BCUT2D eigenvalue weighted by Crippen LogP contribution is 2.36. The van der Waals surface area contributed by atoms with Gasteiger partial charge in [0.15, 0.2) is 0 Å². The second-order valence-electron chi connectivity index (χ2n) is 5.37. The van der Waals surface area contributed by atoms with E-state index in [-0.39, 0.29) is 0 Å². The zero-order valence-electron chi connectivity index (χ0n) is 12.0. The highest BCUT2D eigenvalue weighted by atomic mass is 79.9. The van der Waals surface area contributed by atoms with Crippen LogP contribution in [0.5, 0.6) is 0 Å². The Bertz CT molecular complexity index is 595. The van der Waals surface area contributed by atoms with E-state index in [2.05, 4.69) is 52.4 Å². The molecule has 1 N–H and O–H groups in total. The zero-order valence-corrected chi connectivity index (χ0v) is 13.6. The largest absolute Gasteiger partial charge is 0.309 e. The van der Waals surface area contributed by atoms with Crippen LogP contribution in [0, 0.1) is 0 Å². The summed E-state index contributed by atoms with van der Waals surface area (Å²) in [7, 11) is 2.03. The van der Waals surface area contributed by atoms with Crippen LogP contribution in [0.15, 0.2) is 28.7 Å². The number of benzene rings is 1. The summed E-state index contributed by atoms with van der Waals surface area (Å²) in [5.74, 6) is 0. The molecule has 1 atom stereocenters. The summed E-state index contributed by atoms with van der Waals surface area (Å²) in [6.45, 7) is 3.28. The molecule has 1 aliphatic rings. The predicted octanol–water partition coefficient (Wildman–Crippen LogP) is 3.84. The molecular formula is C16H20BrN3. The molecule has 1 aromatic carbocycles. The summed E-state index contributed by atoms with van der Waals surface area (Å²) in [6, 6.07) is 9.12. The average molecular weight is 334 g/mol. The number of rotatable bonds is 3. The van der Waals surface area contributed by atoms with E-state index in [9.17, 15) is 0 Å². The van der Waals surface area contributed by atoms with Gasteiger partial charge in [-0.05, 0) is 47.3 Å². The van der Waals surface area contributed by atoms with E-state index in [1.165, 1.54) is 29.7 Å². The number of nitrogens with one attached hydrogen (secondary N) is 1. The molecule has 3 rings (SSSR count). The second kappa shape index (κ2) is 5.70. The van der Waals surface area contributed by atoms with Gasteiger partial charge in [0.25, 0.3) is 0 Å². The van der Waals surface area contributed by atoms with Crippen LogP contribution in [0.4, 0.5) is 0 Å². The molecule has 2 aromatic rings. The lowest BCUT2D eigenvalue weighted by Crippen LogP contribution is -2.16. The van der Waals surface area contributed by atoms with Crippen LogP contribution in [0.1, 0.15) is 37.1 Å². The minimum atomic E-state index is 0.422. The number of hydrogen-bond donors (Lipinski definition) is 1. The molecule has 1 saturated heterocycles. The fourth-order valence-corrected chi connectivity index (χ4v) is 3.73. The molecule has 4 heteroatoms. The lowest BCUT2D eigenvalue weighted by molar-refractivity contribution is 0.572. The molecule has 1 fully saturated rings. The molecule has 0 saturated carbocycles. The number of halogens is 1. The molecule has 0 amide bonds. The van der Waals surface area contributed by atoms with E-state index in [1.54, 1.807) is 0 Å². The standard InChI is InChI=1S/C16H20BrN3/c1-3-11-6-8-12(9-7-11)15-14(17)16(20(2)19-15)13-5-4-10-18-13/h6-9,13,18H,3-5,10H2,1-2H3. The third-order valence-corrected chi connectivity index (χ3v) is 4.84. The van der Waals surface area contributed by atoms with Crippen LogP contribution in [-0.4, -0.2) is 16.3 Å². The Morgan fingerprint density at radius 1 is 1.35 bits per heavy atom. The van der Waals surface area contributed by atoms with Crippen molar-refractivity contribution < 1.29 is 0 Å². The van der Waals surface area contributed by atoms with Crippen molar-refractivity contribution in [1.82, 2.24) is 15.1 Å². The zero-order chi connectivity index (χ0) is 14.1. The number of aromatic nitrogens is 2. The predicted molar refractivity (Wildman–Crippen MR) is 85.7 cm³/mol. The van der Waals surface area contributed by atoms with Crippen molar-refractivity contribution >= 4 is 15.9 Å². The van der Waals surface area contributed by atoms with Crippen molar-refractivity contribution in [3.63, 3.8) is 0 Å². The van der Waals surface area contributed by atoms with Crippen LogP contribution in [-0.2, 0) is 13.5 Å². The minimum absolute atomic E-state index is 0.422. The first-order chi connectivity index (χ1) is 9.70. The molecule has 20 heavy (non-hydrogen) atoms. The van der Waals surface area contributed by atoms with Gasteiger partial charge < -0.3 is 5.32 Å². The molecular weight excluding hydrogens is 314 g/mol. The van der Waals surface area contributed by atoms with Gasteiger partial charge in [0.2, 0.25) is 0 Å². The van der Waals surface area contributed by atoms with E-state index in [0.717, 1.165) is 23.1 Å². The quantitative estimate of drug-likeness (QED) is 0.924. The highest BCUT2D eigenvalue weighted by Gasteiger charge is 2.25. The lowest BCUT2D eigenvalue weighted by Gasteiger charge is -2.11. The van der Waals surface area contributed by atoms with E-state index in [1.807, 2.05) is 11.7 Å². The van der Waals surface area contributed by atoms with E-state index < -0.39 is 0 Å². The van der Waals surface area contributed by atoms with E-state index >= 15 is 0 Å². The van der Waals surface area contributed by atoms with Gasteiger partial charge in [-0.25, -0.2) is 0 Å². The van der Waals surface area contributed by atoms with Crippen molar-refractivity contribution in [2.75, 3.05) is 6.54 Å². The molecule has 0 spiro atoms. The van der Waals surface area contributed by atoms with Gasteiger partial charge in [0.1, 0.15) is 5.69 Å². The SMILES string of the molecule is CCc1ccc(-c2nn(C)c(C3CCCN3)c2Br)cc1. The van der Waals surface area contributed by atoms with Crippen molar-refractivity contribution in [2.24, 2.45) is 7.05 Å². The Morgan fingerprint density at radius 3 is 2.70 bits per heavy atom. The van der Waals surface area contributed by atoms with Crippen LogP contribution in [0.2, 0.25) is 0 Å². The number of aryl methyl sites for hydroxylation is 2. The summed E-state index contributed by atoms with van der Waals surface area (Å²) in [4.78, 5) is 0. The summed E-state index contributed by atoms with van der Waals surface area (Å²) in [5, 5.41) is 8.26. The molecule has 3 nitrogen and oxygen atoms in total. The van der Waals surface area contributed by atoms with Gasteiger partial charge >= 0.3 is 0 Å². The van der Waals surface area contributed by atoms with Gasteiger partial charge in [-0.1, -0.05) is 31.2 Å². The monoisotopic (exact) mass is 333 g/mol. The Hall–Kier alpha value is -1.13. The normalized spacial score (nSPS) is 18.6. The Labute approximate surface area is 128 Å². The fourth-order valence-electron chi connectivity index (χ4n) is 2.89. The van der Waals surface area contributed by atoms with Crippen LogP contribution >= 0.6 is 15.9 Å². The molecule has 106 valence electrons. The topological polar surface area (TPSA) is 29.9 Å². The van der Waals surface area contributed by atoms with Crippen LogP contribution in [0.3, 0.4) is 0 Å². The van der Waals surface area contributed by atoms with Gasteiger partial charge in [0.05, 0.1) is 16.2 Å². The molecule has 1 unspecified atom stereocenters. The summed E-state index contributed by atoms with van der Waals surface area (Å²) in [6.07, 6.45) is 3.50. The summed E-state index contributed by atoms with van der Waals surface area (Å²) < 4.78 is 3.14. The van der Waals surface area contributed by atoms with Crippen molar-refractivity contribution in [2.45, 2.75) is 32.2 Å². The first kappa shape index (κ1) is 13.8. The van der Waals surface area contributed by atoms with E-state index in [4.69, 9.17) is 5.10 Å². The third kappa shape index (κ3) is 2.42. The molecule has 2 heterocycles. The first-order valence-corrected chi connectivity index (χ1v) is 8.05. The Balaban J connectivity index is 1.99. The van der Waals surface area contributed by atoms with Crippen molar-refractivity contribution in [1.29, 1.82) is 0 Å². The fraction of sp³-hybridized carbons (Fsp3) is 0.438. The molecule has 1 aromatic heterocycles. The maximum Gasteiger partial charge on any atom is 0.107 e. The second-order valence-corrected chi connectivity index (χ2v) is 6.16. The molecule has 0 bridgehead atoms. The lowest BCUT2D eigenvalue weighted by atomic mass is 10.1. The van der Waals surface area contributed by atoms with Crippen LogP contribution < -0.4 is 5.32 Å². The summed E-state index contributed by atoms with van der Waals surface area (Å²) in [5.41, 5.74) is 4.84.